The summed E-state index contributed by atoms with van der Waals surface area (Å²) < 4.78 is 2.74. The molecule has 4 heterocycles. The molecule has 5 rings (SSSR count). The van der Waals surface area contributed by atoms with Gasteiger partial charge in [0.05, 0.1) is 18.8 Å². The summed E-state index contributed by atoms with van der Waals surface area (Å²) in [4.78, 5) is 37.7. The summed E-state index contributed by atoms with van der Waals surface area (Å²) in [6.07, 6.45) is 2.35. The summed E-state index contributed by atoms with van der Waals surface area (Å²) in [5.41, 5.74) is 7.75. The molecule has 1 aromatic carbocycles. The number of benzene rings is 1. The number of piperidine rings is 1. The minimum absolute atomic E-state index is 0.0798. The predicted molar refractivity (Wildman–Crippen MR) is 151 cm³/mol. The van der Waals surface area contributed by atoms with Gasteiger partial charge in [-0.1, -0.05) is 18.1 Å². The Morgan fingerprint density at radius 3 is 2.81 bits per heavy atom. The largest absolute Gasteiger partial charge is 0.337 e. The highest BCUT2D eigenvalue weighted by Gasteiger charge is 2.39. The Labute approximate surface area is 221 Å². The summed E-state index contributed by atoms with van der Waals surface area (Å²) in [6, 6.07) is 8.10. The van der Waals surface area contributed by atoms with Crippen LogP contribution in [0.5, 0.6) is 0 Å². The standard InChI is InChI=1S/C27H35N7O2S/c1-5-6-14-33-22-23(30-25(33)32-13-9-10-18(28)16-32)31(4)26(36)34(24(22)35)17-19-15-27(2,3)37-21-12-8-7-11-20(21)29-19/h7-8,11-12,18,25,30H,9-10,13-17,28H2,1-4H3. The van der Waals surface area contributed by atoms with Crippen molar-refractivity contribution in [2.24, 2.45) is 17.8 Å². The third-order valence-corrected chi connectivity index (χ3v) is 8.40. The molecule has 2 unspecified atom stereocenters. The zero-order chi connectivity index (χ0) is 26.3. The number of anilines is 2. The first-order valence-corrected chi connectivity index (χ1v) is 13.6. The second kappa shape index (κ2) is 10.0. The van der Waals surface area contributed by atoms with Gasteiger partial charge in [-0.2, -0.15) is 0 Å². The van der Waals surface area contributed by atoms with Crippen molar-refractivity contribution in [3.63, 3.8) is 0 Å². The lowest BCUT2D eigenvalue weighted by Gasteiger charge is -2.39. The Morgan fingerprint density at radius 1 is 1.27 bits per heavy atom. The third kappa shape index (κ3) is 4.96. The lowest BCUT2D eigenvalue weighted by atomic mass is 10.1. The van der Waals surface area contributed by atoms with Gasteiger partial charge in [0.25, 0.3) is 5.56 Å². The molecule has 1 aromatic heterocycles. The van der Waals surface area contributed by atoms with E-state index in [9.17, 15) is 9.59 Å². The van der Waals surface area contributed by atoms with Gasteiger partial charge in [-0.3, -0.25) is 23.8 Å². The van der Waals surface area contributed by atoms with E-state index in [0.29, 0.717) is 31.0 Å². The van der Waals surface area contributed by atoms with Gasteiger partial charge in [-0.15, -0.1) is 17.7 Å². The van der Waals surface area contributed by atoms with Crippen LogP contribution in [0.4, 0.5) is 17.2 Å². The van der Waals surface area contributed by atoms with Crippen molar-refractivity contribution in [1.29, 1.82) is 0 Å². The summed E-state index contributed by atoms with van der Waals surface area (Å²) in [6.45, 7) is 8.22. The number of thioether (sulfide) groups is 1. The van der Waals surface area contributed by atoms with E-state index in [2.05, 4.69) is 42.0 Å². The summed E-state index contributed by atoms with van der Waals surface area (Å²) in [7, 11) is 1.71. The molecule has 3 aliphatic heterocycles. The Kier molecular flexibility index (Phi) is 6.96. The van der Waals surface area contributed by atoms with E-state index in [1.54, 1.807) is 25.7 Å². The number of hydrogen-bond donors (Lipinski definition) is 2. The second-order valence-corrected chi connectivity index (χ2v) is 12.3. The Hall–Kier alpha value is -3.00. The lowest BCUT2D eigenvalue weighted by Crippen LogP contribution is -2.56. The van der Waals surface area contributed by atoms with Crippen LogP contribution in [-0.2, 0) is 13.6 Å². The van der Waals surface area contributed by atoms with E-state index in [4.69, 9.17) is 10.7 Å². The van der Waals surface area contributed by atoms with Crippen molar-refractivity contribution in [2.45, 2.75) is 68.6 Å². The number of nitrogens with two attached hydrogens (primary N) is 1. The van der Waals surface area contributed by atoms with E-state index < -0.39 is 0 Å². The van der Waals surface area contributed by atoms with Crippen molar-refractivity contribution >= 4 is 34.7 Å². The van der Waals surface area contributed by atoms with Gasteiger partial charge in [0.15, 0.2) is 6.29 Å². The number of likely N-dealkylation sites (tertiary alicyclic amines) is 1. The van der Waals surface area contributed by atoms with Crippen LogP contribution in [0.2, 0.25) is 0 Å². The molecule has 0 radical (unpaired) electrons. The van der Waals surface area contributed by atoms with Crippen LogP contribution in [0.25, 0.3) is 0 Å². The fraction of sp³-hybridized carbons (Fsp3) is 0.519. The van der Waals surface area contributed by atoms with Gasteiger partial charge >= 0.3 is 5.69 Å². The molecule has 37 heavy (non-hydrogen) atoms. The van der Waals surface area contributed by atoms with E-state index in [-0.39, 0.29) is 34.9 Å². The van der Waals surface area contributed by atoms with E-state index in [1.807, 2.05) is 23.1 Å². The minimum atomic E-state index is -0.362. The molecular formula is C27H35N7O2S. The molecule has 196 valence electrons. The van der Waals surface area contributed by atoms with E-state index in [1.165, 1.54) is 9.13 Å². The van der Waals surface area contributed by atoms with Gasteiger partial charge < -0.3 is 16.0 Å². The van der Waals surface area contributed by atoms with Crippen molar-refractivity contribution < 1.29 is 0 Å². The molecule has 1 saturated heterocycles. The molecular weight excluding hydrogens is 486 g/mol. The van der Waals surface area contributed by atoms with E-state index >= 15 is 0 Å². The van der Waals surface area contributed by atoms with Gasteiger partial charge in [-0.25, -0.2) is 4.79 Å². The zero-order valence-corrected chi connectivity index (χ0v) is 22.8. The monoisotopic (exact) mass is 521 g/mol. The number of fused-ring (bicyclic) bond motifs is 2. The first-order valence-electron chi connectivity index (χ1n) is 12.8. The Balaban J connectivity index is 1.57. The molecule has 3 aliphatic rings. The molecule has 0 amide bonds. The quantitative estimate of drug-likeness (QED) is 0.597. The molecule has 3 N–H and O–H groups in total. The smallest absolute Gasteiger partial charge is 0.332 e. The maximum absolute atomic E-state index is 14.0. The SMILES string of the molecule is CC#CCN1c2c(n(C)c(=O)n(CC3=Nc4ccccc4SC(C)(C)C3)c2=O)NC1N1CCCC(N)C1. The minimum Gasteiger partial charge on any atom is -0.337 e. The summed E-state index contributed by atoms with van der Waals surface area (Å²) in [5, 5.41) is 3.45. The molecule has 0 saturated carbocycles. The van der Waals surface area contributed by atoms with Gasteiger partial charge in [0.1, 0.15) is 11.5 Å². The van der Waals surface area contributed by atoms with Crippen molar-refractivity contribution in [1.82, 2.24) is 14.0 Å². The van der Waals surface area contributed by atoms with Gasteiger partial charge in [0, 0.05) is 48.0 Å². The number of nitrogens with one attached hydrogen (secondary N) is 1. The summed E-state index contributed by atoms with van der Waals surface area (Å²) >= 11 is 1.77. The molecule has 0 spiro atoms. The van der Waals surface area contributed by atoms with Gasteiger partial charge in [-0.05, 0) is 45.7 Å². The normalized spacial score (nSPS) is 22.7. The second-order valence-electron chi connectivity index (χ2n) is 10.6. The number of nitrogens with zero attached hydrogens (tertiary/aromatic N) is 5. The fourth-order valence-electron chi connectivity index (χ4n) is 5.46. The predicted octanol–water partition coefficient (Wildman–Crippen LogP) is 2.56. The maximum Gasteiger partial charge on any atom is 0.332 e. The van der Waals surface area contributed by atoms with Crippen molar-refractivity contribution in [3.8, 4) is 11.8 Å². The van der Waals surface area contributed by atoms with Crippen LogP contribution in [0.15, 0.2) is 43.7 Å². The Bertz CT molecular complexity index is 1410. The summed E-state index contributed by atoms with van der Waals surface area (Å²) in [5.74, 6) is 6.59. The topological polar surface area (TPSA) is 101 Å². The third-order valence-electron chi connectivity index (χ3n) is 7.14. The number of para-hydroxylation sites is 1. The van der Waals surface area contributed by atoms with Crippen LogP contribution in [0.3, 0.4) is 0 Å². The molecule has 1 fully saturated rings. The van der Waals surface area contributed by atoms with Crippen LogP contribution in [0, 0.1) is 11.8 Å². The van der Waals surface area contributed by atoms with Crippen LogP contribution < -0.4 is 27.2 Å². The molecule has 10 heteroatoms. The zero-order valence-electron chi connectivity index (χ0n) is 22.0. The van der Waals surface area contributed by atoms with Crippen LogP contribution in [-0.4, -0.2) is 56.5 Å². The van der Waals surface area contributed by atoms with Gasteiger partial charge in [0.2, 0.25) is 0 Å². The highest BCUT2D eigenvalue weighted by atomic mass is 32.2. The first-order chi connectivity index (χ1) is 17.7. The number of aliphatic imine (C=N–C) groups is 1. The lowest BCUT2D eigenvalue weighted by molar-refractivity contribution is 0.165. The number of hydrogen-bond acceptors (Lipinski definition) is 8. The highest BCUT2D eigenvalue weighted by Crippen LogP contribution is 2.43. The van der Waals surface area contributed by atoms with Crippen LogP contribution >= 0.6 is 11.8 Å². The van der Waals surface area contributed by atoms with Crippen molar-refractivity contribution in [3.05, 3.63) is 45.1 Å². The maximum atomic E-state index is 14.0. The Morgan fingerprint density at radius 2 is 2.05 bits per heavy atom. The number of aromatic nitrogens is 2. The average molecular weight is 522 g/mol. The molecule has 0 bridgehead atoms. The highest BCUT2D eigenvalue weighted by molar-refractivity contribution is 8.00. The first kappa shape index (κ1) is 25.6. The average Bonchev–Trinajstić information content (AvgIpc) is 3.18. The van der Waals surface area contributed by atoms with Crippen molar-refractivity contribution in [2.75, 3.05) is 29.9 Å². The molecule has 9 nitrogen and oxygen atoms in total. The molecule has 2 atom stereocenters. The molecule has 0 aliphatic carbocycles. The van der Waals surface area contributed by atoms with Crippen LogP contribution in [0.1, 0.15) is 40.0 Å². The molecule has 2 aromatic rings. The number of rotatable bonds is 4. The van der Waals surface area contributed by atoms with E-state index in [0.717, 1.165) is 35.7 Å². The fourth-order valence-corrected chi connectivity index (χ4v) is 6.66.